The van der Waals surface area contributed by atoms with Crippen molar-refractivity contribution in [1.82, 2.24) is 5.32 Å². The van der Waals surface area contributed by atoms with E-state index in [0.29, 0.717) is 12.3 Å². The van der Waals surface area contributed by atoms with Crippen molar-refractivity contribution in [3.8, 4) is 0 Å². The predicted molar refractivity (Wildman–Crippen MR) is 68.4 cm³/mol. The van der Waals surface area contributed by atoms with Crippen LogP contribution >= 0.6 is 0 Å². The van der Waals surface area contributed by atoms with Crippen LogP contribution in [0.2, 0.25) is 0 Å². The van der Waals surface area contributed by atoms with Crippen molar-refractivity contribution in [3.63, 3.8) is 0 Å². The topological polar surface area (TPSA) is 46.2 Å². The zero-order valence-electron chi connectivity index (χ0n) is 10.4. The Kier molecular flexibility index (Phi) is 6.36. The molecule has 0 saturated heterocycles. The molecule has 1 rings (SSSR count). The summed E-state index contributed by atoms with van der Waals surface area (Å²) in [6.07, 6.45) is 7.45. The molecule has 0 unspecified atom stereocenters. The third kappa shape index (κ3) is 4.83. The maximum Gasteiger partial charge on any atom is 0.154 e. The van der Waals surface area contributed by atoms with Crippen LogP contribution in [0, 0.1) is 0 Å². The lowest BCUT2D eigenvalue weighted by atomic mass is 10.0. The fourth-order valence-corrected chi connectivity index (χ4v) is 4.05. The molecule has 0 aromatic rings. The Balaban J connectivity index is 2.22. The molecule has 96 valence electrons. The van der Waals surface area contributed by atoms with Crippen molar-refractivity contribution >= 4 is 9.84 Å². The van der Waals surface area contributed by atoms with E-state index in [2.05, 4.69) is 12.2 Å². The second-order valence-corrected chi connectivity index (χ2v) is 7.13. The first-order valence-corrected chi connectivity index (χ1v) is 8.30. The molecular weight excluding hydrogens is 222 g/mol. The number of sulfone groups is 1. The minimum absolute atomic E-state index is 0.0470. The molecule has 16 heavy (non-hydrogen) atoms. The fraction of sp³-hybridized carbons (Fsp3) is 1.00. The second-order valence-electron chi connectivity index (χ2n) is 4.73. The van der Waals surface area contributed by atoms with E-state index in [4.69, 9.17) is 0 Å². The average molecular weight is 247 g/mol. The number of nitrogens with one attached hydrogen (secondary N) is 1. The van der Waals surface area contributed by atoms with E-state index in [1.54, 1.807) is 0 Å². The molecule has 1 saturated carbocycles. The Morgan fingerprint density at radius 2 is 1.81 bits per heavy atom. The van der Waals surface area contributed by atoms with Gasteiger partial charge in [-0.05, 0) is 25.8 Å². The van der Waals surface area contributed by atoms with Gasteiger partial charge in [-0.25, -0.2) is 8.42 Å². The van der Waals surface area contributed by atoms with Crippen molar-refractivity contribution in [2.75, 3.05) is 18.8 Å². The summed E-state index contributed by atoms with van der Waals surface area (Å²) in [5.74, 6) is 0.321. The smallest absolute Gasteiger partial charge is 0.154 e. The van der Waals surface area contributed by atoms with Gasteiger partial charge in [-0.1, -0.05) is 32.6 Å². The van der Waals surface area contributed by atoms with Gasteiger partial charge in [0.2, 0.25) is 0 Å². The fourth-order valence-electron chi connectivity index (χ4n) is 2.23. The van der Waals surface area contributed by atoms with Gasteiger partial charge in [0.15, 0.2) is 9.84 Å². The van der Waals surface area contributed by atoms with Gasteiger partial charge in [-0.3, -0.25) is 0 Å². The normalized spacial score (nSPS) is 18.8. The molecule has 0 bridgehead atoms. The lowest BCUT2D eigenvalue weighted by Crippen LogP contribution is -2.31. The van der Waals surface area contributed by atoms with Gasteiger partial charge in [0, 0.05) is 6.54 Å². The number of hydrogen-bond donors (Lipinski definition) is 1. The van der Waals surface area contributed by atoms with E-state index in [1.807, 2.05) is 0 Å². The highest BCUT2D eigenvalue weighted by molar-refractivity contribution is 7.92. The zero-order chi connectivity index (χ0) is 11.9. The van der Waals surface area contributed by atoms with Gasteiger partial charge in [-0.15, -0.1) is 0 Å². The van der Waals surface area contributed by atoms with Gasteiger partial charge in [0.05, 0.1) is 11.0 Å². The summed E-state index contributed by atoms with van der Waals surface area (Å²) >= 11 is 0. The molecule has 1 N–H and O–H groups in total. The van der Waals surface area contributed by atoms with Crippen LogP contribution in [0.1, 0.15) is 51.9 Å². The monoisotopic (exact) mass is 247 g/mol. The highest BCUT2D eigenvalue weighted by Gasteiger charge is 2.26. The third-order valence-corrected chi connectivity index (χ3v) is 5.59. The molecule has 0 radical (unpaired) electrons. The lowest BCUT2D eigenvalue weighted by Gasteiger charge is -2.21. The molecular formula is C12H25NO2S. The molecule has 4 heteroatoms. The quantitative estimate of drug-likeness (QED) is 0.701. The van der Waals surface area contributed by atoms with Crippen LogP contribution in [0.25, 0.3) is 0 Å². The van der Waals surface area contributed by atoms with Crippen LogP contribution in [0.3, 0.4) is 0 Å². The largest absolute Gasteiger partial charge is 0.316 e. The SMILES string of the molecule is CCCCNCCS(=O)(=O)C1CCCCC1. The Bertz CT molecular complexity index is 269. The van der Waals surface area contributed by atoms with E-state index in [0.717, 1.165) is 45.1 Å². The summed E-state index contributed by atoms with van der Waals surface area (Å²) in [5, 5.41) is 3.16. The van der Waals surface area contributed by atoms with Crippen LogP contribution in [0.15, 0.2) is 0 Å². The summed E-state index contributed by atoms with van der Waals surface area (Å²) in [4.78, 5) is 0. The van der Waals surface area contributed by atoms with Crippen LogP contribution in [0.5, 0.6) is 0 Å². The average Bonchev–Trinajstić information content (AvgIpc) is 2.30. The van der Waals surface area contributed by atoms with E-state index < -0.39 is 9.84 Å². The van der Waals surface area contributed by atoms with Gasteiger partial charge in [-0.2, -0.15) is 0 Å². The maximum atomic E-state index is 12.0. The van der Waals surface area contributed by atoms with Gasteiger partial charge in [0.25, 0.3) is 0 Å². The Hall–Kier alpha value is -0.0900. The van der Waals surface area contributed by atoms with E-state index in [1.165, 1.54) is 6.42 Å². The minimum Gasteiger partial charge on any atom is -0.316 e. The van der Waals surface area contributed by atoms with Crippen molar-refractivity contribution < 1.29 is 8.42 Å². The highest BCUT2D eigenvalue weighted by Crippen LogP contribution is 2.23. The molecule has 1 aliphatic rings. The summed E-state index contributed by atoms with van der Waals surface area (Å²) in [5.41, 5.74) is 0. The molecule has 0 aliphatic heterocycles. The van der Waals surface area contributed by atoms with Gasteiger partial charge < -0.3 is 5.32 Å². The summed E-state index contributed by atoms with van der Waals surface area (Å²) in [6.45, 7) is 3.70. The van der Waals surface area contributed by atoms with E-state index in [-0.39, 0.29) is 5.25 Å². The molecule has 1 fully saturated rings. The van der Waals surface area contributed by atoms with Crippen LogP contribution in [0.4, 0.5) is 0 Å². The van der Waals surface area contributed by atoms with Gasteiger partial charge in [0.1, 0.15) is 0 Å². The van der Waals surface area contributed by atoms with Crippen LogP contribution < -0.4 is 5.32 Å². The summed E-state index contributed by atoms with van der Waals surface area (Å²) < 4.78 is 24.0. The zero-order valence-corrected chi connectivity index (χ0v) is 11.2. The first-order chi connectivity index (χ1) is 7.67. The first kappa shape index (κ1) is 14.0. The maximum absolute atomic E-state index is 12.0. The minimum atomic E-state index is -2.83. The molecule has 0 atom stereocenters. The molecule has 0 aromatic carbocycles. The molecule has 3 nitrogen and oxygen atoms in total. The van der Waals surface area contributed by atoms with Crippen molar-refractivity contribution in [2.24, 2.45) is 0 Å². The van der Waals surface area contributed by atoms with E-state index in [9.17, 15) is 8.42 Å². The van der Waals surface area contributed by atoms with Crippen LogP contribution in [-0.2, 0) is 9.84 Å². The number of unbranched alkanes of at least 4 members (excludes halogenated alkanes) is 1. The molecule has 0 heterocycles. The summed E-state index contributed by atoms with van der Waals surface area (Å²) in [6, 6.07) is 0. The Labute approximate surface area is 99.9 Å². The summed E-state index contributed by atoms with van der Waals surface area (Å²) in [7, 11) is -2.83. The Morgan fingerprint density at radius 1 is 1.12 bits per heavy atom. The number of rotatable bonds is 7. The molecule has 0 aromatic heterocycles. The Morgan fingerprint density at radius 3 is 2.44 bits per heavy atom. The second kappa shape index (κ2) is 7.28. The van der Waals surface area contributed by atoms with Gasteiger partial charge >= 0.3 is 0 Å². The number of hydrogen-bond acceptors (Lipinski definition) is 3. The molecule has 1 aliphatic carbocycles. The van der Waals surface area contributed by atoms with Crippen molar-refractivity contribution in [1.29, 1.82) is 0 Å². The first-order valence-electron chi connectivity index (χ1n) is 6.59. The molecule has 0 spiro atoms. The van der Waals surface area contributed by atoms with Crippen LogP contribution in [-0.4, -0.2) is 32.5 Å². The lowest BCUT2D eigenvalue weighted by molar-refractivity contribution is 0.482. The van der Waals surface area contributed by atoms with Crippen molar-refractivity contribution in [2.45, 2.75) is 57.1 Å². The van der Waals surface area contributed by atoms with Crippen molar-refractivity contribution in [3.05, 3.63) is 0 Å². The molecule has 0 amide bonds. The standard InChI is InChI=1S/C12H25NO2S/c1-2-3-9-13-10-11-16(14,15)12-7-5-4-6-8-12/h12-13H,2-11H2,1H3. The predicted octanol–water partition coefficient (Wildman–Crippen LogP) is 2.12. The third-order valence-electron chi connectivity index (χ3n) is 3.33. The highest BCUT2D eigenvalue weighted by atomic mass is 32.2. The van der Waals surface area contributed by atoms with E-state index >= 15 is 0 Å².